The van der Waals surface area contributed by atoms with Crippen molar-refractivity contribution in [3.05, 3.63) is 95.0 Å². The third-order valence-electron chi connectivity index (χ3n) is 7.15. The van der Waals surface area contributed by atoms with Crippen LogP contribution in [-0.2, 0) is 6.42 Å². The first-order valence-corrected chi connectivity index (χ1v) is 14.1. The molecule has 2 amide bonds. The van der Waals surface area contributed by atoms with Crippen molar-refractivity contribution < 1.29 is 9.59 Å². The zero-order valence-corrected chi connectivity index (χ0v) is 22.9. The maximum absolute atomic E-state index is 13.3. The molecule has 0 radical (unpaired) electrons. The third-order valence-corrected chi connectivity index (χ3v) is 8.32. The van der Waals surface area contributed by atoms with Crippen LogP contribution < -0.4 is 10.6 Å². The average Bonchev–Trinajstić information content (AvgIpc) is 3.44. The molecule has 0 aliphatic carbocycles. The van der Waals surface area contributed by atoms with Crippen LogP contribution in [0.1, 0.15) is 32.5 Å². The van der Waals surface area contributed by atoms with Gasteiger partial charge >= 0.3 is 0 Å². The molecule has 8 nitrogen and oxygen atoms in total. The number of aromatic nitrogens is 3. The fourth-order valence-corrected chi connectivity index (χ4v) is 5.89. The minimum Gasteiger partial charge on any atom is -0.366 e. The monoisotopic (exact) mass is 548 g/mol. The summed E-state index contributed by atoms with van der Waals surface area (Å²) >= 11 is 1.64. The summed E-state index contributed by atoms with van der Waals surface area (Å²) in [6.07, 6.45) is 2.45. The highest BCUT2D eigenvalue weighted by molar-refractivity contribution is 7.18. The van der Waals surface area contributed by atoms with Gasteiger partial charge < -0.3 is 15.5 Å². The first-order valence-electron chi connectivity index (χ1n) is 13.3. The molecule has 9 heteroatoms. The number of hydrogen-bond acceptors (Lipinski definition) is 7. The third kappa shape index (κ3) is 5.03. The number of thiophene rings is 1. The van der Waals surface area contributed by atoms with E-state index in [-0.39, 0.29) is 5.91 Å². The minimum absolute atomic E-state index is 0.0315. The van der Waals surface area contributed by atoms with Crippen molar-refractivity contribution in [3.8, 4) is 22.6 Å². The van der Waals surface area contributed by atoms with Gasteiger partial charge in [-0.2, -0.15) is 0 Å². The summed E-state index contributed by atoms with van der Waals surface area (Å²) in [4.78, 5) is 45.3. The molecule has 2 aromatic carbocycles. The van der Waals surface area contributed by atoms with Crippen molar-refractivity contribution in [2.75, 3.05) is 31.1 Å². The first-order chi connectivity index (χ1) is 19.5. The lowest BCUT2D eigenvalue weighted by molar-refractivity contribution is 0.0746. The number of nitrogens with two attached hydrogens (primary N) is 1. The van der Waals surface area contributed by atoms with Gasteiger partial charge in [0.05, 0.1) is 5.39 Å². The lowest BCUT2D eigenvalue weighted by atomic mass is 10.0. The number of hydrogen-bond donors (Lipinski definition) is 1. The molecule has 3 aromatic heterocycles. The molecule has 1 saturated heterocycles. The van der Waals surface area contributed by atoms with Gasteiger partial charge in [-0.25, -0.2) is 9.97 Å². The second-order valence-corrected chi connectivity index (χ2v) is 10.8. The molecule has 1 aliphatic heterocycles. The SMILES string of the molecule is CCc1cc2c(N3CCN(C(=O)c4ccc(-c5ccccc5)cc4)CC3)nc(-c3cc(C(N)=O)ccn3)nc2s1. The maximum Gasteiger partial charge on any atom is 0.253 e. The van der Waals surface area contributed by atoms with E-state index in [1.807, 2.05) is 47.4 Å². The molecule has 40 heavy (non-hydrogen) atoms. The van der Waals surface area contributed by atoms with Crippen LogP contribution in [0.3, 0.4) is 0 Å². The maximum atomic E-state index is 13.3. The molecular weight excluding hydrogens is 520 g/mol. The number of benzene rings is 2. The molecule has 0 unspecified atom stereocenters. The van der Waals surface area contributed by atoms with Gasteiger partial charge in [0.15, 0.2) is 5.82 Å². The van der Waals surface area contributed by atoms with Crippen LogP contribution in [0.5, 0.6) is 0 Å². The summed E-state index contributed by atoms with van der Waals surface area (Å²) in [6, 6.07) is 23.3. The summed E-state index contributed by atoms with van der Waals surface area (Å²) in [5.74, 6) is 0.780. The molecule has 0 saturated carbocycles. The number of carbonyl (C=O) groups is 2. The highest BCUT2D eigenvalue weighted by Gasteiger charge is 2.26. The Morgan fingerprint density at radius 1 is 0.875 bits per heavy atom. The molecule has 0 spiro atoms. The molecule has 6 rings (SSSR count). The van der Waals surface area contributed by atoms with E-state index in [9.17, 15) is 9.59 Å². The van der Waals surface area contributed by atoms with Crippen molar-refractivity contribution in [2.45, 2.75) is 13.3 Å². The summed E-state index contributed by atoms with van der Waals surface area (Å²) in [5, 5.41) is 0.993. The molecule has 4 heterocycles. The van der Waals surface area contributed by atoms with Gasteiger partial charge in [0, 0.05) is 48.4 Å². The van der Waals surface area contributed by atoms with Gasteiger partial charge in [-0.05, 0) is 47.9 Å². The number of carbonyl (C=O) groups excluding carboxylic acids is 2. The van der Waals surface area contributed by atoms with Crippen LogP contribution in [0.25, 0.3) is 32.9 Å². The van der Waals surface area contributed by atoms with E-state index in [1.54, 1.807) is 29.7 Å². The Kier molecular flexibility index (Phi) is 6.96. The summed E-state index contributed by atoms with van der Waals surface area (Å²) in [7, 11) is 0. The predicted molar refractivity (Wildman–Crippen MR) is 159 cm³/mol. The molecule has 2 N–H and O–H groups in total. The summed E-state index contributed by atoms with van der Waals surface area (Å²) in [5.41, 5.74) is 9.25. The lowest BCUT2D eigenvalue weighted by Crippen LogP contribution is -2.49. The number of fused-ring (bicyclic) bond motifs is 1. The number of rotatable bonds is 6. The number of piperazine rings is 1. The molecule has 5 aromatic rings. The van der Waals surface area contributed by atoms with Gasteiger partial charge in [0.2, 0.25) is 5.91 Å². The largest absolute Gasteiger partial charge is 0.366 e. The normalized spacial score (nSPS) is 13.5. The number of pyridine rings is 1. The molecule has 0 atom stereocenters. The predicted octanol–water partition coefficient (Wildman–Crippen LogP) is 5.04. The molecule has 1 fully saturated rings. The highest BCUT2D eigenvalue weighted by Crippen LogP contribution is 2.34. The van der Waals surface area contributed by atoms with E-state index in [1.165, 1.54) is 4.88 Å². The standard InChI is InChI=1S/C31H28N6O2S/c1-2-24-19-25-29(34-28(35-30(25)40-24)26-18-23(27(32)38)12-13-33-26)36-14-16-37(17-15-36)31(39)22-10-8-21(9-11-22)20-6-4-3-5-7-20/h3-13,18-19H,2,14-17H2,1H3,(H2,32,38). The van der Waals surface area contributed by atoms with Crippen LogP contribution in [0.2, 0.25) is 0 Å². The van der Waals surface area contributed by atoms with E-state index in [4.69, 9.17) is 15.7 Å². The topological polar surface area (TPSA) is 105 Å². The van der Waals surface area contributed by atoms with Crippen molar-refractivity contribution in [2.24, 2.45) is 5.73 Å². The molecular formula is C31H28N6O2S. The Morgan fingerprint density at radius 2 is 1.60 bits per heavy atom. The van der Waals surface area contributed by atoms with Crippen LogP contribution in [0.4, 0.5) is 5.82 Å². The highest BCUT2D eigenvalue weighted by atomic mass is 32.1. The smallest absolute Gasteiger partial charge is 0.253 e. The Hall–Kier alpha value is -4.63. The molecule has 0 bridgehead atoms. The van der Waals surface area contributed by atoms with E-state index in [0.717, 1.165) is 33.6 Å². The molecule has 200 valence electrons. The number of aryl methyl sites for hydroxylation is 1. The van der Waals surface area contributed by atoms with Crippen LogP contribution in [-0.4, -0.2) is 57.8 Å². The quantitative estimate of drug-likeness (QED) is 0.319. The number of nitrogens with zero attached hydrogens (tertiary/aromatic N) is 5. The van der Waals surface area contributed by atoms with Crippen LogP contribution in [0, 0.1) is 0 Å². The number of amides is 2. The van der Waals surface area contributed by atoms with Crippen molar-refractivity contribution >= 4 is 39.2 Å². The number of primary amides is 1. The van der Waals surface area contributed by atoms with Crippen LogP contribution in [0.15, 0.2) is 79.0 Å². The van der Waals surface area contributed by atoms with E-state index >= 15 is 0 Å². The van der Waals surface area contributed by atoms with Gasteiger partial charge in [-0.1, -0.05) is 49.4 Å². The Balaban J connectivity index is 1.23. The summed E-state index contributed by atoms with van der Waals surface area (Å²) < 4.78 is 0. The number of anilines is 1. The van der Waals surface area contributed by atoms with E-state index < -0.39 is 5.91 Å². The van der Waals surface area contributed by atoms with Crippen molar-refractivity contribution in [3.63, 3.8) is 0 Å². The zero-order chi connectivity index (χ0) is 27.6. The van der Waals surface area contributed by atoms with E-state index in [0.29, 0.717) is 48.8 Å². The average molecular weight is 549 g/mol. The Bertz CT molecular complexity index is 1690. The van der Waals surface area contributed by atoms with E-state index in [2.05, 4.69) is 35.0 Å². The fraction of sp³-hybridized carbons (Fsp3) is 0.194. The molecule has 1 aliphatic rings. The van der Waals surface area contributed by atoms with Crippen molar-refractivity contribution in [1.29, 1.82) is 0 Å². The fourth-order valence-electron chi connectivity index (χ4n) is 4.93. The van der Waals surface area contributed by atoms with Gasteiger partial charge in [-0.15, -0.1) is 11.3 Å². The second kappa shape index (κ2) is 10.9. The van der Waals surface area contributed by atoms with Gasteiger partial charge in [-0.3, -0.25) is 14.6 Å². The Labute approximate surface area is 236 Å². The Morgan fingerprint density at radius 3 is 2.30 bits per heavy atom. The summed E-state index contributed by atoms with van der Waals surface area (Å²) in [6.45, 7) is 4.57. The van der Waals surface area contributed by atoms with Gasteiger partial charge in [0.1, 0.15) is 16.3 Å². The lowest BCUT2D eigenvalue weighted by Gasteiger charge is -2.35. The second-order valence-electron chi connectivity index (χ2n) is 9.67. The zero-order valence-electron chi connectivity index (χ0n) is 22.1. The minimum atomic E-state index is -0.523. The van der Waals surface area contributed by atoms with Crippen molar-refractivity contribution in [1.82, 2.24) is 19.9 Å². The first kappa shape index (κ1) is 25.6. The van der Waals surface area contributed by atoms with Gasteiger partial charge in [0.25, 0.3) is 5.91 Å². The van der Waals surface area contributed by atoms with Crippen LogP contribution >= 0.6 is 11.3 Å².